The number of hydrogen-bond donors (Lipinski definition) is 0. The van der Waals surface area contributed by atoms with E-state index in [0.29, 0.717) is 0 Å². The molecular formula is C9H12F6. The zero-order valence-corrected chi connectivity index (χ0v) is 8.55. The lowest BCUT2D eigenvalue weighted by Crippen LogP contribution is -2.26. The Hall–Kier alpha value is -0.680. The van der Waals surface area contributed by atoms with E-state index < -0.39 is 23.3 Å². The highest BCUT2D eigenvalue weighted by Crippen LogP contribution is 2.39. The van der Waals surface area contributed by atoms with Crippen LogP contribution >= 0.6 is 0 Å². The third-order valence-corrected chi connectivity index (χ3v) is 1.53. The lowest BCUT2D eigenvalue weighted by Gasteiger charge is -2.19. The minimum absolute atomic E-state index is 0.208. The van der Waals surface area contributed by atoms with Gasteiger partial charge in [0.05, 0.1) is 0 Å². The third kappa shape index (κ3) is 5.69. The summed E-state index contributed by atoms with van der Waals surface area (Å²) in [4.78, 5) is 0. The van der Waals surface area contributed by atoms with Crippen LogP contribution in [0.5, 0.6) is 0 Å². The zero-order valence-electron chi connectivity index (χ0n) is 8.55. The van der Waals surface area contributed by atoms with Gasteiger partial charge in [-0.3, -0.25) is 0 Å². The van der Waals surface area contributed by atoms with Gasteiger partial charge in [0, 0.05) is 0 Å². The summed E-state index contributed by atoms with van der Waals surface area (Å²) in [6.07, 6.45) is -10.8. The van der Waals surface area contributed by atoms with Crippen LogP contribution in [-0.2, 0) is 0 Å². The van der Waals surface area contributed by atoms with E-state index in [1.54, 1.807) is 20.8 Å². The van der Waals surface area contributed by atoms with Gasteiger partial charge in [0.15, 0.2) is 0 Å². The van der Waals surface area contributed by atoms with Crippen LogP contribution in [0.1, 0.15) is 27.2 Å². The van der Waals surface area contributed by atoms with Gasteiger partial charge >= 0.3 is 12.4 Å². The van der Waals surface area contributed by atoms with Gasteiger partial charge < -0.3 is 0 Å². The predicted molar refractivity (Wildman–Crippen MR) is 44.3 cm³/mol. The molecule has 0 aliphatic rings. The Labute approximate surface area is 84.0 Å². The minimum Gasteiger partial charge on any atom is -0.166 e. The van der Waals surface area contributed by atoms with Gasteiger partial charge in [0.25, 0.3) is 0 Å². The monoisotopic (exact) mass is 234 g/mol. The van der Waals surface area contributed by atoms with E-state index in [4.69, 9.17) is 0 Å². The van der Waals surface area contributed by atoms with Crippen molar-refractivity contribution in [2.45, 2.75) is 39.5 Å². The van der Waals surface area contributed by atoms with E-state index in [1.165, 1.54) is 0 Å². The summed E-state index contributed by atoms with van der Waals surface area (Å²) in [7, 11) is 0. The van der Waals surface area contributed by atoms with Gasteiger partial charge in [0.1, 0.15) is 5.57 Å². The van der Waals surface area contributed by atoms with Crippen molar-refractivity contribution in [2.75, 3.05) is 0 Å². The van der Waals surface area contributed by atoms with Crippen molar-refractivity contribution in [3.05, 3.63) is 11.6 Å². The van der Waals surface area contributed by atoms with Gasteiger partial charge in [-0.15, -0.1) is 0 Å². The number of hydrogen-bond acceptors (Lipinski definition) is 0. The molecule has 0 atom stereocenters. The maximum atomic E-state index is 12.0. The van der Waals surface area contributed by atoms with Crippen LogP contribution in [0.2, 0.25) is 0 Å². The van der Waals surface area contributed by atoms with Crippen LogP contribution < -0.4 is 0 Å². The molecule has 0 fully saturated rings. The first kappa shape index (κ1) is 14.3. The van der Waals surface area contributed by atoms with Crippen LogP contribution in [0.15, 0.2) is 11.6 Å². The summed E-state index contributed by atoms with van der Waals surface area (Å²) in [5.41, 5.74) is -3.04. The molecule has 0 unspecified atom stereocenters. The molecule has 90 valence electrons. The SMILES string of the molecule is CC(C)(C)CC=C(C(F)(F)F)C(F)(F)F. The second-order valence-corrected chi connectivity index (χ2v) is 4.38. The molecule has 0 saturated heterocycles. The molecule has 0 radical (unpaired) electrons. The van der Waals surface area contributed by atoms with Crippen molar-refractivity contribution < 1.29 is 26.3 Å². The highest BCUT2D eigenvalue weighted by Gasteiger charge is 2.50. The average Bonchev–Trinajstić information content (AvgIpc) is 1.75. The quantitative estimate of drug-likeness (QED) is 0.463. The molecule has 15 heavy (non-hydrogen) atoms. The van der Waals surface area contributed by atoms with E-state index in [-0.39, 0.29) is 12.5 Å². The maximum absolute atomic E-state index is 12.0. The number of halogens is 6. The largest absolute Gasteiger partial charge is 0.420 e. The Kier molecular flexibility index (Phi) is 3.87. The number of allylic oxidation sites excluding steroid dienone is 2. The molecule has 0 spiro atoms. The van der Waals surface area contributed by atoms with E-state index in [0.717, 1.165) is 0 Å². The van der Waals surface area contributed by atoms with E-state index in [1.807, 2.05) is 0 Å². The molecule has 0 nitrogen and oxygen atoms in total. The second-order valence-electron chi connectivity index (χ2n) is 4.38. The molecule has 0 bridgehead atoms. The first-order valence-corrected chi connectivity index (χ1v) is 4.18. The zero-order chi connectivity index (χ0) is 12.5. The van der Waals surface area contributed by atoms with Crippen LogP contribution in [0.3, 0.4) is 0 Å². The Balaban J connectivity index is 4.99. The molecule has 0 aromatic heterocycles. The van der Waals surface area contributed by atoms with Crippen LogP contribution in [0.4, 0.5) is 26.3 Å². The summed E-state index contributed by atoms with van der Waals surface area (Å²) in [6.45, 7) is 4.69. The van der Waals surface area contributed by atoms with Crippen molar-refractivity contribution in [2.24, 2.45) is 5.41 Å². The van der Waals surface area contributed by atoms with Crippen LogP contribution in [0, 0.1) is 5.41 Å². The molecule has 0 aliphatic heterocycles. The molecule has 0 aromatic rings. The lowest BCUT2D eigenvalue weighted by molar-refractivity contribution is -0.172. The topological polar surface area (TPSA) is 0 Å². The fourth-order valence-electron chi connectivity index (χ4n) is 0.800. The summed E-state index contributed by atoms with van der Waals surface area (Å²) >= 11 is 0. The normalized spacial score (nSPS) is 13.9. The first-order chi connectivity index (χ1) is 6.34. The molecule has 0 rings (SSSR count). The van der Waals surface area contributed by atoms with Crippen molar-refractivity contribution in [3.8, 4) is 0 Å². The fraction of sp³-hybridized carbons (Fsp3) is 0.778. The average molecular weight is 234 g/mol. The molecule has 0 aromatic carbocycles. The van der Waals surface area contributed by atoms with Gasteiger partial charge in [0.2, 0.25) is 0 Å². The highest BCUT2D eigenvalue weighted by molar-refractivity contribution is 5.15. The van der Waals surface area contributed by atoms with E-state index >= 15 is 0 Å². The number of alkyl halides is 6. The van der Waals surface area contributed by atoms with Gasteiger partial charge in [-0.05, 0) is 11.8 Å². The summed E-state index contributed by atoms with van der Waals surface area (Å²) < 4.78 is 72.0. The smallest absolute Gasteiger partial charge is 0.166 e. The van der Waals surface area contributed by atoms with Crippen molar-refractivity contribution in [1.82, 2.24) is 0 Å². The van der Waals surface area contributed by atoms with E-state index in [9.17, 15) is 26.3 Å². The molecule has 0 heterocycles. The fourth-order valence-corrected chi connectivity index (χ4v) is 0.800. The van der Waals surface area contributed by atoms with Crippen molar-refractivity contribution >= 4 is 0 Å². The Morgan fingerprint density at radius 1 is 0.867 bits per heavy atom. The predicted octanol–water partition coefficient (Wildman–Crippen LogP) is 4.47. The summed E-state index contributed by atoms with van der Waals surface area (Å²) in [5, 5.41) is 0. The van der Waals surface area contributed by atoms with Gasteiger partial charge in [-0.2, -0.15) is 26.3 Å². The molecule has 6 heteroatoms. The Morgan fingerprint density at radius 2 is 1.20 bits per heavy atom. The van der Waals surface area contributed by atoms with Gasteiger partial charge in [-0.1, -0.05) is 26.8 Å². The lowest BCUT2D eigenvalue weighted by atomic mass is 9.91. The standard InChI is InChI=1S/C9H12F6/c1-7(2,3)5-4-6(8(10,11)12)9(13,14)15/h4H,5H2,1-3H3. The van der Waals surface area contributed by atoms with Crippen molar-refractivity contribution in [1.29, 1.82) is 0 Å². The first-order valence-electron chi connectivity index (χ1n) is 4.18. The Bertz CT molecular complexity index is 221. The highest BCUT2D eigenvalue weighted by atomic mass is 19.4. The van der Waals surface area contributed by atoms with Crippen molar-refractivity contribution in [3.63, 3.8) is 0 Å². The number of rotatable bonds is 1. The molecular weight excluding hydrogens is 222 g/mol. The van der Waals surface area contributed by atoms with Gasteiger partial charge in [-0.25, -0.2) is 0 Å². The van der Waals surface area contributed by atoms with Crippen LogP contribution in [-0.4, -0.2) is 12.4 Å². The Morgan fingerprint density at radius 3 is 1.40 bits per heavy atom. The maximum Gasteiger partial charge on any atom is 0.420 e. The summed E-state index contributed by atoms with van der Waals surface area (Å²) in [6, 6.07) is 0. The molecule has 0 N–H and O–H groups in total. The molecule has 0 saturated carbocycles. The minimum atomic E-state index is -5.34. The second kappa shape index (κ2) is 4.06. The third-order valence-electron chi connectivity index (χ3n) is 1.53. The molecule has 0 amide bonds. The van der Waals surface area contributed by atoms with E-state index in [2.05, 4.69) is 0 Å². The van der Waals surface area contributed by atoms with Crippen LogP contribution in [0.25, 0.3) is 0 Å². The molecule has 0 aliphatic carbocycles. The summed E-state index contributed by atoms with van der Waals surface area (Å²) in [5.74, 6) is 0.